The number of unbranched alkanes of at least 4 members (excludes halogenated alkanes) is 1. The van der Waals surface area contributed by atoms with E-state index < -0.39 is 0 Å². The maximum Gasteiger partial charge on any atom is 0.0588 e. The average molecular weight is 230 g/mol. The summed E-state index contributed by atoms with van der Waals surface area (Å²) in [5.74, 6) is 0. The van der Waals surface area contributed by atoms with Crippen LogP contribution in [-0.4, -0.2) is 22.4 Å². The molecule has 0 aromatic carbocycles. The van der Waals surface area contributed by atoms with Gasteiger partial charge in [-0.3, -0.25) is 0 Å². The van der Waals surface area contributed by atoms with Crippen LogP contribution in [-0.2, 0) is 0 Å². The van der Waals surface area contributed by atoms with Crippen LogP contribution in [0.2, 0.25) is 0 Å². The molecule has 0 radical (unpaired) electrons. The summed E-state index contributed by atoms with van der Waals surface area (Å²) >= 11 is 0. The molecule has 16 heavy (non-hydrogen) atoms. The Bertz CT molecular complexity index is 164. The van der Waals surface area contributed by atoms with Crippen molar-refractivity contribution in [3.8, 4) is 0 Å². The zero-order valence-electron chi connectivity index (χ0n) is 11.9. The Morgan fingerprint density at radius 2 is 0.938 bits per heavy atom. The highest BCUT2D eigenvalue weighted by Gasteiger charge is 2.23. The van der Waals surface area contributed by atoms with Crippen molar-refractivity contribution in [1.29, 1.82) is 0 Å². The predicted octanol–water partition coefficient (Wildman–Crippen LogP) is 3.36. The molecule has 0 spiro atoms. The summed E-state index contributed by atoms with van der Waals surface area (Å²) in [6.07, 6.45) is 3.18. The van der Waals surface area contributed by atoms with Gasteiger partial charge in [-0.1, -0.05) is 54.4 Å². The van der Waals surface area contributed by atoms with Crippen molar-refractivity contribution >= 4 is 0 Å². The van der Waals surface area contributed by atoms with E-state index in [1.54, 1.807) is 0 Å². The van der Waals surface area contributed by atoms with Gasteiger partial charge in [0.05, 0.1) is 12.2 Å². The molecule has 0 rings (SSSR count). The van der Waals surface area contributed by atoms with E-state index in [1.807, 2.05) is 0 Å². The fraction of sp³-hybridized carbons (Fsp3) is 1.00. The van der Waals surface area contributed by atoms with Crippen molar-refractivity contribution in [3.05, 3.63) is 0 Å². The molecule has 0 amide bonds. The third-order valence-corrected chi connectivity index (χ3v) is 3.20. The molecule has 0 bridgehead atoms. The van der Waals surface area contributed by atoms with Crippen molar-refractivity contribution in [2.24, 2.45) is 10.8 Å². The van der Waals surface area contributed by atoms with E-state index in [1.165, 1.54) is 0 Å². The van der Waals surface area contributed by atoms with E-state index in [9.17, 15) is 10.2 Å². The highest BCUT2D eigenvalue weighted by molar-refractivity contribution is 4.75. The SMILES string of the molecule is CC(C)(C)C(O)CCCCC(O)C(C)(C)C. The second-order valence-electron chi connectivity index (χ2n) is 7.05. The molecule has 0 aliphatic carbocycles. The average Bonchev–Trinajstić information content (AvgIpc) is 2.08. The van der Waals surface area contributed by atoms with Crippen LogP contribution in [0.3, 0.4) is 0 Å². The molecule has 2 N–H and O–H groups in total. The van der Waals surface area contributed by atoms with E-state index >= 15 is 0 Å². The van der Waals surface area contributed by atoms with Gasteiger partial charge in [0.15, 0.2) is 0 Å². The third-order valence-electron chi connectivity index (χ3n) is 3.20. The van der Waals surface area contributed by atoms with Gasteiger partial charge < -0.3 is 10.2 Å². The summed E-state index contributed by atoms with van der Waals surface area (Å²) in [4.78, 5) is 0. The minimum absolute atomic E-state index is 0.0252. The molecular weight excluding hydrogens is 200 g/mol. The quantitative estimate of drug-likeness (QED) is 0.711. The molecule has 0 saturated carbocycles. The second kappa shape index (κ2) is 6.02. The Balaban J connectivity index is 3.70. The van der Waals surface area contributed by atoms with E-state index in [2.05, 4.69) is 41.5 Å². The van der Waals surface area contributed by atoms with Gasteiger partial charge in [-0.25, -0.2) is 0 Å². The Morgan fingerprint density at radius 1 is 0.688 bits per heavy atom. The minimum atomic E-state index is -0.237. The zero-order chi connectivity index (χ0) is 13.0. The van der Waals surface area contributed by atoms with Gasteiger partial charge in [0.25, 0.3) is 0 Å². The molecule has 0 aliphatic heterocycles. The summed E-state index contributed by atoms with van der Waals surface area (Å²) < 4.78 is 0. The molecule has 98 valence electrons. The first-order valence-corrected chi connectivity index (χ1v) is 6.41. The zero-order valence-corrected chi connectivity index (χ0v) is 11.9. The molecule has 2 unspecified atom stereocenters. The van der Waals surface area contributed by atoms with Crippen LogP contribution in [0, 0.1) is 10.8 Å². The van der Waals surface area contributed by atoms with E-state index in [-0.39, 0.29) is 23.0 Å². The lowest BCUT2D eigenvalue weighted by Gasteiger charge is -2.27. The summed E-state index contributed by atoms with van der Waals surface area (Å²) in [5.41, 5.74) is -0.0503. The smallest absolute Gasteiger partial charge is 0.0588 e. The third kappa shape index (κ3) is 6.49. The normalized spacial score (nSPS) is 17.2. The first-order chi connectivity index (χ1) is 7.05. The van der Waals surface area contributed by atoms with Crippen LogP contribution >= 0.6 is 0 Å². The van der Waals surface area contributed by atoms with Gasteiger partial charge in [0.2, 0.25) is 0 Å². The first kappa shape index (κ1) is 15.9. The molecule has 0 heterocycles. The lowest BCUT2D eigenvalue weighted by Crippen LogP contribution is -2.27. The standard InChI is InChI=1S/C14H30O2/c1-13(2,3)11(15)9-7-8-10-12(16)14(4,5)6/h11-12,15-16H,7-10H2,1-6H3. The lowest BCUT2D eigenvalue weighted by molar-refractivity contribution is 0.0414. The first-order valence-electron chi connectivity index (χ1n) is 6.41. The minimum Gasteiger partial charge on any atom is -0.393 e. The van der Waals surface area contributed by atoms with Gasteiger partial charge in [0, 0.05) is 0 Å². The molecule has 2 nitrogen and oxygen atoms in total. The lowest BCUT2D eigenvalue weighted by atomic mass is 9.84. The van der Waals surface area contributed by atoms with Gasteiger partial charge in [-0.05, 0) is 23.7 Å². The van der Waals surface area contributed by atoms with Crippen molar-refractivity contribution in [2.75, 3.05) is 0 Å². The number of hydrogen-bond acceptors (Lipinski definition) is 2. The Kier molecular flexibility index (Phi) is 5.99. The van der Waals surface area contributed by atoms with Crippen molar-refractivity contribution in [2.45, 2.75) is 79.4 Å². The molecule has 0 fully saturated rings. The van der Waals surface area contributed by atoms with Crippen LogP contribution in [0.1, 0.15) is 67.2 Å². The summed E-state index contributed by atoms with van der Waals surface area (Å²) in [6.45, 7) is 12.3. The topological polar surface area (TPSA) is 40.5 Å². The van der Waals surface area contributed by atoms with Gasteiger partial charge in [-0.15, -0.1) is 0 Å². The molecular formula is C14H30O2. The number of aliphatic hydroxyl groups is 2. The Morgan fingerprint density at radius 3 is 1.12 bits per heavy atom. The largest absolute Gasteiger partial charge is 0.393 e. The number of aliphatic hydroxyl groups excluding tert-OH is 2. The van der Waals surface area contributed by atoms with E-state index in [0.29, 0.717) is 0 Å². The van der Waals surface area contributed by atoms with Crippen LogP contribution in [0.15, 0.2) is 0 Å². The number of hydrogen-bond donors (Lipinski definition) is 2. The van der Waals surface area contributed by atoms with Crippen LogP contribution in [0.4, 0.5) is 0 Å². The van der Waals surface area contributed by atoms with E-state index in [0.717, 1.165) is 25.7 Å². The van der Waals surface area contributed by atoms with Gasteiger partial charge in [0.1, 0.15) is 0 Å². The summed E-state index contributed by atoms with van der Waals surface area (Å²) in [7, 11) is 0. The van der Waals surface area contributed by atoms with Crippen LogP contribution in [0.5, 0.6) is 0 Å². The Labute approximate surface area is 101 Å². The molecule has 0 aromatic heterocycles. The van der Waals surface area contributed by atoms with E-state index in [4.69, 9.17) is 0 Å². The maximum absolute atomic E-state index is 9.85. The second-order valence-corrected chi connectivity index (χ2v) is 7.05. The highest BCUT2D eigenvalue weighted by atomic mass is 16.3. The molecule has 0 aromatic rings. The monoisotopic (exact) mass is 230 g/mol. The Hall–Kier alpha value is -0.0800. The molecule has 2 atom stereocenters. The molecule has 2 heteroatoms. The highest BCUT2D eigenvalue weighted by Crippen LogP contribution is 2.26. The molecule has 0 saturated heterocycles. The van der Waals surface area contributed by atoms with Crippen molar-refractivity contribution < 1.29 is 10.2 Å². The predicted molar refractivity (Wildman–Crippen MR) is 69.4 cm³/mol. The fourth-order valence-corrected chi connectivity index (χ4v) is 1.54. The fourth-order valence-electron chi connectivity index (χ4n) is 1.54. The van der Waals surface area contributed by atoms with Crippen LogP contribution in [0.25, 0.3) is 0 Å². The van der Waals surface area contributed by atoms with Crippen LogP contribution < -0.4 is 0 Å². The van der Waals surface area contributed by atoms with Gasteiger partial charge >= 0.3 is 0 Å². The summed E-state index contributed by atoms with van der Waals surface area (Å²) in [6, 6.07) is 0. The number of rotatable bonds is 5. The maximum atomic E-state index is 9.85. The summed E-state index contributed by atoms with van der Waals surface area (Å²) in [5, 5.41) is 19.7. The molecule has 0 aliphatic rings. The van der Waals surface area contributed by atoms with Crippen molar-refractivity contribution in [3.63, 3.8) is 0 Å². The van der Waals surface area contributed by atoms with Crippen molar-refractivity contribution in [1.82, 2.24) is 0 Å². The van der Waals surface area contributed by atoms with Gasteiger partial charge in [-0.2, -0.15) is 0 Å².